The van der Waals surface area contributed by atoms with Crippen LogP contribution < -0.4 is 11.1 Å². The zero-order valence-electron chi connectivity index (χ0n) is 8.54. The summed E-state index contributed by atoms with van der Waals surface area (Å²) < 4.78 is 5.06. The van der Waals surface area contributed by atoms with Crippen molar-refractivity contribution in [3.63, 3.8) is 0 Å². The monoisotopic (exact) mass is 196 g/mol. The number of aryl methyl sites for hydroxylation is 1. The molecule has 0 bridgehead atoms. The number of nitrogens with two attached hydrogens (primary N) is 1. The zero-order chi connectivity index (χ0) is 10.6. The van der Waals surface area contributed by atoms with Crippen LogP contribution in [0.4, 0.5) is 0 Å². The third-order valence-corrected chi connectivity index (χ3v) is 2.18. The van der Waals surface area contributed by atoms with Gasteiger partial charge in [-0.1, -0.05) is 6.92 Å². The predicted molar refractivity (Wildman–Crippen MR) is 54.0 cm³/mol. The highest BCUT2D eigenvalue weighted by Crippen LogP contribution is 2.08. The van der Waals surface area contributed by atoms with Crippen LogP contribution in [0.5, 0.6) is 0 Å². The van der Waals surface area contributed by atoms with E-state index in [2.05, 4.69) is 5.32 Å². The van der Waals surface area contributed by atoms with Crippen LogP contribution in [-0.4, -0.2) is 18.5 Å². The lowest BCUT2D eigenvalue weighted by Gasteiger charge is -2.13. The molecule has 0 spiro atoms. The molecule has 4 nitrogen and oxygen atoms in total. The van der Waals surface area contributed by atoms with Gasteiger partial charge in [0.25, 0.3) is 5.91 Å². The second-order valence-electron chi connectivity index (χ2n) is 3.25. The summed E-state index contributed by atoms with van der Waals surface area (Å²) in [4.78, 5) is 11.6. The van der Waals surface area contributed by atoms with Crippen molar-refractivity contribution in [3.8, 4) is 0 Å². The highest BCUT2D eigenvalue weighted by molar-refractivity contribution is 5.92. The molecule has 1 aromatic heterocycles. The zero-order valence-corrected chi connectivity index (χ0v) is 8.54. The van der Waals surface area contributed by atoms with Gasteiger partial charge in [-0.15, -0.1) is 0 Å². The summed E-state index contributed by atoms with van der Waals surface area (Å²) in [7, 11) is 0. The molecule has 1 amide bonds. The lowest BCUT2D eigenvalue weighted by atomic mass is 10.2. The van der Waals surface area contributed by atoms with Crippen molar-refractivity contribution in [1.82, 2.24) is 5.32 Å². The predicted octanol–water partition coefficient (Wildman–Crippen LogP) is 1.06. The average molecular weight is 196 g/mol. The van der Waals surface area contributed by atoms with E-state index in [0.29, 0.717) is 12.3 Å². The third-order valence-electron chi connectivity index (χ3n) is 2.18. The molecule has 0 aliphatic heterocycles. The number of hydrogen-bond acceptors (Lipinski definition) is 3. The molecule has 0 aromatic carbocycles. The van der Waals surface area contributed by atoms with Crippen LogP contribution in [0, 0.1) is 6.92 Å². The Bertz CT molecular complexity index is 303. The fourth-order valence-corrected chi connectivity index (χ4v) is 1.18. The quantitative estimate of drug-likeness (QED) is 0.756. The first-order valence-electron chi connectivity index (χ1n) is 4.74. The fraction of sp³-hybridized carbons (Fsp3) is 0.500. The molecule has 14 heavy (non-hydrogen) atoms. The molecule has 0 fully saturated rings. The van der Waals surface area contributed by atoms with Crippen LogP contribution in [0.15, 0.2) is 16.7 Å². The molecular weight excluding hydrogens is 180 g/mol. The second kappa shape index (κ2) is 4.81. The Hall–Kier alpha value is -1.29. The summed E-state index contributed by atoms with van der Waals surface area (Å²) in [6.07, 6.45) is 2.33. The number of carbonyl (C=O) groups excluding carboxylic acids is 1. The number of hydrogen-bond donors (Lipinski definition) is 2. The highest BCUT2D eigenvalue weighted by atomic mass is 16.3. The van der Waals surface area contributed by atoms with E-state index in [4.69, 9.17) is 10.2 Å². The second-order valence-corrected chi connectivity index (χ2v) is 3.25. The Morgan fingerprint density at radius 2 is 2.43 bits per heavy atom. The first kappa shape index (κ1) is 10.8. The highest BCUT2D eigenvalue weighted by Gasteiger charge is 2.15. The van der Waals surface area contributed by atoms with Gasteiger partial charge in [-0.25, -0.2) is 0 Å². The van der Waals surface area contributed by atoms with Crippen molar-refractivity contribution < 1.29 is 9.21 Å². The molecule has 1 heterocycles. The molecule has 0 saturated carbocycles. The molecular formula is C10H16N2O2. The lowest BCUT2D eigenvalue weighted by Crippen LogP contribution is -2.39. The number of rotatable bonds is 4. The van der Waals surface area contributed by atoms with Crippen molar-refractivity contribution in [2.24, 2.45) is 5.73 Å². The summed E-state index contributed by atoms with van der Waals surface area (Å²) in [6.45, 7) is 4.26. The minimum Gasteiger partial charge on any atom is -0.459 e. The lowest BCUT2D eigenvalue weighted by molar-refractivity contribution is 0.0908. The fourth-order valence-electron chi connectivity index (χ4n) is 1.18. The van der Waals surface area contributed by atoms with E-state index < -0.39 is 0 Å². The largest absolute Gasteiger partial charge is 0.459 e. The van der Waals surface area contributed by atoms with Gasteiger partial charge < -0.3 is 15.5 Å². The van der Waals surface area contributed by atoms with Gasteiger partial charge in [0, 0.05) is 18.2 Å². The van der Waals surface area contributed by atoms with E-state index in [1.54, 1.807) is 6.07 Å². The summed E-state index contributed by atoms with van der Waals surface area (Å²) in [6, 6.07) is 1.78. The Balaban J connectivity index is 2.63. The van der Waals surface area contributed by atoms with Crippen LogP contribution >= 0.6 is 0 Å². The summed E-state index contributed by atoms with van der Waals surface area (Å²) in [5, 5.41) is 2.80. The topological polar surface area (TPSA) is 68.3 Å². The van der Waals surface area contributed by atoms with Crippen molar-refractivity contribution >= 4 is 5.91 Å². The van der Waals surface area contributed by atoms with E-state index in [1.165, 1.54) is 6.26 Å². The van der Waals surface area contributed by atoms with Crippen LogP contribution in [0.2, 0.25) is 0 Å². The molecule has 0 aliphatic carbocycles. The first-order chi connectivity index (χ1) is 6.69. The van der Waals surface area contributed by atoms with Gasteiger partial charge in [-0.2, -0.15) is 0 Å². The maximum absolute atomic E-state index is 11.6. The van der Waals surface area contributed by atoms with E-state index in [-0.39, 0.29) is 11.9 Å². The molecule has 3 N–H and O–H groups in total. The Kier molecular flexibility index (Phi) is 3.71. The minimum atomic E-state index is -0.190. The van der Waals surface area contributed by atoms with Crippen molar-refractivity contribution in [3.05, 3.63) is 23.7 Å². The number of carbonyl (C=O) groups is 1. The summed E-state index contributed by atoms with van der Waals surface area (Å²) in [5.74, 6) is 0.182. The van der Waals surface area contributed by atoms with E-state index in [1.807, 2.05) is 13.8 Å². The average Bonchev–Trinajstić information content (AvgIpc) is 2.60. The maximum atomic E-state index is 11.6. The normalized spacial score (nSPS) is 12.5. The van der Waals surface area contributed by atoms with Crippen molar-refractivity contribution in [2.45, 2.75) is 26.3 Å². The molecule has 1 rings (SSSR count). The van der Waals surface area contributed by atoms with Gasteiger partial charge in [-0.05, 0) is 19.4 Å². The van der Waals surface area contributed by atoms with Crippen molar-refractivity contribution in [1.29, 1.82) is 0 Å². The molecule has 0 saturated heterocycles. The van der Waals surface area contributed by atoms with Crippen LogP contribution in [-0.2, 0) is 0 Å². The number of amides is 1. The van der Waals surface area contributed by atoms with E-state index >= 15 is 0 Å². The summed E-state index contributed by atoms with van der Waals surface area (Å²) >= 11 is 0. The SMILES string of the molecule is CCC(CN)NC(=O)c1occc1C. The van der Waals surface area contributed by atoms with E-state index in [0.717, 1.165) is 12.0 Å². The number of furan rings is 1. The third kappa shape index (κ3) is 2.35. The molecule has 0 radical (unpaired) electrons. The molecule has 1 unspecified atom stereocenters. The standard InChI is InChI=1S/C10H16N2O2/c1-3-8(6-11)12-10(13)9-7(2)4-5-14-9/h4-5,8H,3,6,11H2,1-2H3,(H,12,13). The first-order valence-corrected chi connectivity index (χ1v) is 4.74. The van der Waals surface area contributed by atoms with Crippen molar-refractivity contribution in [2.75, 3.05) is 6.54 Å². The van der Waals surface area contributed by atoms with Gasteiger partial charge in [0.1, 0.15) is 0 Å². The summed E-state index contributed by atoms with van der Waals surface area (Å²) in [5.41, 5.74) is 6.32. The van der Waals surface area contributed by atoms with Crippen LogP contribution in [0.1, 0.15) is 29.5 Å². The Morgan fingerprint density at radius 3 is 2.86 bits per heavy atom. The van der Waals surface area contributed by atoms with E-state index in [9.17, 15) is 4.79 Å². The van der Waals surface area contributed by atoms with Gasteiger partial charge in [0.15, 0.2) is 5.76 Å². The maximum Gasteiger partial charge on any atom is 0.287 e. The van der Waals surface area contributed by atoms with Crippen LogP contribution in [0.25, 0.3) is 0 Å². The number of nitrogens with one attached hydrogen (secondary N) is 1. The van der Waals surface area contributed by atoms with Gasteiger partial charge in [-0.3, -0.25) is 4.79 Å². The minimum absolute atomic E-state index is 0.0204. The molecule has 0 aliphatic rings. The smallest absolute Gasteiger partial charge is 0.287 e. The molecule has 4 heteroatoms. The molecule has 1 aromatic rings. The Labute approximate surface area is 83.5 Å². The van der Waals surface area contributed by atoms with Gasteiger partial charge >= 0.3 is 0 Å². The molecule has 1 atom stereocenters. The molecule has 78 valence electrons. The van der Waals surface area contributed by atoms with Gasteiger partial charge in [0.2, 0.25) is 0 Å². The Morgan fingerprint density at radius 1 is 1.71 bits per heavy atom. The van der Waals surface area contributed by atoms with Crippen LogP contribution in [0.3, 0.4) is 0 Å². The van der Waals surface area contributed by atoms with Gasteiger partial charge in [0.05, 0.1) is 6.26 Å².